The monoisotopic (exact) mass is 224 g/mol. The summed E-state index contributed by atoms with van der Waals surface area (Å²) in [4.78, 5) is 22.6. The zero-order chi connectivity index (χ0) is 12.0. The molecule has 1 saturated carbocycles. The SMILES string of the molecule is CCCCC/C=C(\OC(C)=O)C(=O)C1CC1. The first-order valence-corrected chi connectivity index (χ1v) is 6.08. The van der Waals surface area contributed by atoms with Crippen molar-refractivity contribution in [3.05, 3.63) is 11.8 Å². The molecule has 0 heterocycles. The summed E-state index contributed by atoms with van der Waals surface area (Å²) in [6.07, 6.45) is 7.79. The summed E-state index contributed by atoms with van der Waals surface area (Å²) in [5.41, 5.74) is 0. The van der Waals surface area contributed by atoms with Gasteiger partial charge in [-0.15, -0.1) is 0 Å². The Balaban J connectivity index is 2.47. The molecule has 1 aliphatic rings. The number of carbonyl (C=O) groups is 2. The van der Waals surface area contributed by atoms with Gasteiger partial charge in [-0.2, -0.15) is 0 Å². The molecular formula is C13H20O3. The van der Waals surface area contributed by atoms with Gasteiger partial charge in [-0.25, -0.2) is 0 Å². The average Bonchev–Trinajstić information content (AvgIpc) is 3.04. The third-order valence-corrected chi connectivity index (χ3v) is 2.58. The predicted octanol–water partition coefficient (Wildman–Crippen LogP) is 2.99. The van der Waals surface area contributed by atoms with Gasteiger partial charge in [0.15, 0.2) is 5.76 Å². The number of ketones is 1. The summed E-state index contributed by atoms with van der Waals surface area (Å²) in [6, 6.07) is 0. The molecule has 3 nitrogen and oxygen atoms in total. The van der Waals surface area contributed by atoms with Crippen molar-refractivity contribution in [2.24, 2.45) is 5.92 Å². The quantitative estimate of drug-likeness (QED) is 0.289. The fourth-order valence-electron chi connectivity index (χ4n) is 1.52. The zero-order valence-electron chi connectivity index (χ0n) is 10.1. The minimum absolute atomic E-state index is 0.00620. The highest BCUT2D eigenvalue weighted by molar-refractivity contribution is 5.98. The zero-order valence-corrected chi connectivity index (χ0v) is 10.1. The largest absolute Gasteiger partial charge is 0.423 e. The lowest BCUT2D eigenvalue weighted by Gasteiger charge is -2.05. The summed E-state index contributed by atoms with van der Waals surface area (Å²) in [7, 11) is 0. The standard InChI is InChI=1S/C13H20O3/c1-3-4-5-6-7-12(16-10(2)14)13(15)11-8-9-11/h7,11H,3-6,8-9H2,1-2H3/b12-7-. The fourth-order valence-corrected chi connectivity index (χ4v) is 1.52. The molecule has 0 aromatic rings. The van der Waals surface area contributed by atoms with Crippen molar-refractivity contribution in [3.8, 4) is 0 Å². The maximum atomic E-state index is 11.8. The Bertz CT molecular complexity index is 288. The molecule has 0 amide bonds. The minimum Gasteiger partial charge on any atom is -0.423 e. The number of esters is 1. The first kappa shape index (κ1) is 12.9. The van der Waals surface area contributed by atoms with E-state index < -0.39 is 5.97 Å². The normalized spacial score (nSPS) is 16.0. The molecule has 0 unspecified atom stereocenters. The van der Waals surface area contributed by atoms with Crippen LogP contribution in [0.3, 0.4) is 0 Å². The van der Waals surface area contributed by atoms with E-state index in [0.29, 0.717) is 0 Å². The summed E-state index contributed by atoms with van der Waals surface area (Å²) >= 11 is 0. The number of allylic oxidation sites excluding steroid dienone is 2. The van der Waals surface area contributed by atoms with Crippen molar-refractivity contribution in [1.82, 2.24) is 0 Å². The summed E-state index contributed by atoms with van der Waals surface area (Å²) in [5, 5.41) is 0. The fraction of sp³-hybridized carbons (Fsp3) is 0.692. The number of hydrogen-bond acceptors (Lipinski definition) is 3. The molecule has 0 aliphatic heterocycles. The summed E-state index contributed by atoms with van der Waals surface area (Å²) in [6.45, 7) is 3.46. The second-order valence-electron chi connectivity index (χ2n) is 4.30. The van der Waals surface area contributed by atoms with Crippen molar-refractivity contribution in [3.63, 3.8) is 0 Å². The molecule has 0 N–H and O–H groups in total. The van der Waals surface area contributed by atoms with Crippen molar-refractivity contribution < 1.29 is 14.3 Å². The Morgan fingerprint density at radius 1 is 1.31 bits per heavy atom. The van der Waals surface area contributed by atoms with Crippen LogP contribution in [-0.4, -0.2) is 11.8 Å². The van der Waals surface area contributed by atoms with E-state index >= 15 is 0 Å². The Hall–Kier alpha value is -1.12. The first-order chi connectivity index (χ1) is 7.65. The Morgan fingerprint density at radius 2 is 2.00 bits per heavy atom. The molecule has 0 saturated heterocycles. The molecule has 0 atom stereocenters. The lowest BCUT2D eigenvalue weighted by atomic mass is 10.1. The second kappa shape index (κ2) is 6.46. The number of carbonyl (C=O) groups excluding carboxylic acids is 2. The minimum atomic E-state index is -0.407. The first-order valence-electron chi connectivity index (χ1n) is 6.08. The third-order valence-electron chi connectivity index (χ3n) is 2.58. The lowest BCUT2D eigenvalue weighted by Crippen LogP contribution is -2.11. The second-order valence-corrected chi connectivity index (χ2v) is 4.30. The molecule has 1 fully saturated rings. The highest BCUT2D eigenvalue weighted by Crippen LogP contribution is 2.32. The number of ether oxygens (including phenoxy) is 1. The Kier molecular flexibility index (Phi) is 5.23. The van der Waals surface area contributed by atoms with E-state index in [-0.39, 0.29) is 17.5 Å². The van der Waals surface area contributed by atoms with Gasteiger partial charge in [-0.05, 0) is 31.8 Å². The molecule has 16 heavy (non-hydrogen) atoms. The predicted molar refractivity (Wildman–Crippen MR) is 61.7 cm³/mol. The van der Waals surface area contributed by atoms with Crippen molar-refractivity contribution in [2.75, 3.05) is 0 Å². The molecule has 90 valence electrons. The highest BCUT2D eigenvalue weighted by atomic mass is 16.5. The van der Waals surface area contributed by atoms with E-state index in [9.17, 15) is 9.59 Å². The topological polar surface area (TPSA) is 43.4 Å². The van der Waals surface area contributed by atoms with Gasteiger partial charge in [-0.1, -0.05) is 19.8 Å². The van der Waals surface area contributed by atoms with Gasteiger partial charge in [-0.3, -0.25) is 9.59 Å². The van der Waals surface area contributed by atoms with Gasteiger partial charge in [0.05, 0.1) is 0 Å². The van der Waals surface area contributed by atoms with Crippen LogP contribution in [0.1, 0.15) is 52.4 Å². The molecule has 1 rings (SSSR count). The Morgan fingerprint density at radius 3 is 2.50 bits per heavy atom. The van der Waals surface area contributed by atoms with Gasteiger partial charge < -0.3 is 4.74 Å². The van der Waals surface area contributed by atoms with E-state index in [1.54, 1.807) is 6.08 Å². The van der Waals surface area contributed by atoms with Crippen LogP contribution in [0, 0.1) is 5.92 Å². The molecule has 0 aromatic carbocycles. The molecule has 0 bridgehead atoms. The number of unbranched alkanes of at least 4 members (excludes halogenated alkanes) is 3. The number of rotatable bonds is 7. The van der Waals surface area contributed by atoms with Crippen LogP contribution < -0.4 is 0 Å². The molecule has 3 heteroatoms. The van der Waals surface area contributed by atoms with Gasteiger partial charge >= 0.3 is 5.97 Å². The smallest absolute Gasteiger partial charge is 0.308 e. The van der Waals surface area contributed by atoms with E-state index in [1.807, 2.05) is 0 Å². The van der Waals surface area contributed by atoms with Crippen LogP contribution in [0.5, 0.6) is 0 Å². The van der Waals surface area contributed by atoms with Crippen LogP contribution in [0.2, 0.25) is 0 Å². The molecular weight excluding hydrogens is 204 g/mol. The summed E-state index contributed by atoms with van der Waals surface area (Å²) in [5.74, 6) is -0.0229. The average molecular weight is 224 g/mol. The molecule has 0 aromatic heterocycles. The van der Waals surface area contributed by atoms with E-state index in [0.717, 1.165) is 38.5 Å². The maximum absolute atomic E-state index is 11.8. The van der Waals surface area contributed by atoms with E-state index in [2.05, 4.69) is 6.92 Å². The maximum Gasteiger partial charge on any atom is 0.308 e. The van der Waals surface area contributed by atoms with Crippen LogP contribution in [0.4, 0.5) is 0 Å². The highest BCUT2D eigenvalue weighted by Gasteiger charge is 2.33. The number of hydrogen-bond donors (Lipinski definition) is 0. The summed E-state index contributed by atoms with van der Waals surface area (Å²) < 4.78 is 4.97. The van der Waals surface area contributed by atoms with E-state index in [4.69, 9.17) is 4.74 Å². The van der Waals surface area contributed by atoms with Gasteiger partial charge in [0.25, 0.3) is 0 Å². The Labute approximate surface area is 96.9 Å². The third kappa shape index (κ3) is 4.60. The number of Topliss-reactive ketones (excluding diaryl/α,β-unsaturated/α-hetero) is 1. The van der Waals surface area contributed by atoms with Gasteiger partial charge in [0, 0.05) is 12.8 Å². The van der Waals surface area contributed by atoms with Crippen LogP contribution in [0.25, 0.3) is 0 Å². The van der Waals surface area contributed by atoms with Crippen molar-refractivity contribution in [2.45, 2.75) is 52.4 Å². The van der Waals surface area contributed by atoms with Crippen molar-refractivity contribution >= 4 is 11.8 Å². The van der Waals surface area contributed by atoms with Crippen LogP contribution in [0.15, 0.2) is 11.8 Å². The van der Waals surface area contributed by atoms with Crippen LogP contribution >= 0.6 is 0 Å². The van der Waals surface area contributed by atoms with Gasteiger partial charge in [0.2, 0.25) is 5.78 Å². The van der Waals surface area contributed by atoms with E-state index in [1.165, 1.54) is 6.92 Å². The van der Waals surface area contributed by atoms with Crippen molar-refractivity contribution in [1.29, 1.82) is 0 Å². The molecule has 0 radical (unpaired) electrons. The lowest BCUT2D eigenvalue weighted by molar-refractivity contribution is -0.140. The molecule has 0 spiro atoms. The van der Waals surface area contributed by atoms with Gasteiger partial charge in [0.1, 0.15) is 0 Å². The molecule has 1 aliphatic carbocycles. The van der Waals surface area contributed by atoms with Crippen LogP contribution in [-0.2, 0) is 14.3 Å².